The Bertz CT molecular complexity index is 419. The molecule has 0 spiro atoms. The van der Waals surface area contributed by atoms with Crippen molar-refractivity contribution >= 4 is 17.4 Å². The smallest absolute Gasteiger partial charge is 0.167 e. The van der Waals surface area contributed by atoms with E-state index in [1.165, 1.54) is 6.07 Å². The van der Waals surface area contributed by atoms with Gasteiger partial charge in [0.05, 0.1) is 11.6 Å². The molecule has 1 atom stereocenters. The minimum absolute atomic E-state index is 0.0182. The maximum atomic E-state index is 13.2. The molecule has 0 saturated carbocycles. The molecule has 1 aromatic carbocycles. The minimum atomic E-state index is -0.500. The van der Waals surface area contributed by atoms with Crippen molar-refractivity contribution in [2.45, 2.75) is 12.5 Å². The number of carbonyl (C=O) groups is 1. The van der Waals surface area contributed by atoms with Gasteiger partial charge in [0.25, 0.3) is 0 Å². The van der Waals surface area contributed by atoms with Gasteiger partial charge in [-0.05, 0) is 11.6 Å². The fraction of sp³-hybridized carbons (Fsp3) is 0.417. The van der Waals surface area contributed by atoms with Crippen molar-refractivity contribution in [3.63, 3.8) is 0 Å². The van der Waals surface area contributed by atoms with E-state index in [9.17, 15) is 9.18 Å². The van der Waals surface area contributed by atoms with Gasteiger partial charge in [-0.1, -0.05) is 23.7 Å². The van der Waals surface area contributed by atoms with Crippen LogP contribution in [-0.4, -0.2) is 31.6 Å². The number of carbonyl (C=O) groups excluding carboxylic acids is 1. The van der Waals surface area contributed by atoms with Gasteiger partial charge < -0.3 is 10.1 Å². The molecule has 1 heterocycles. The predicted octanol–water partition coefficient (Wildman–Crippen LogP) is 1.58. The lowest BCUT2D eigenvalue weighted by Crippen LogP contribution is -2.43. The van der Waals surface area contributed by atoms with Crippen molar-refractivity contribution in [1.29, 1.82) is 0 Å². The lowest BCUT2D eigenvalue weighted by Gasteiger charge is -2.22. The van der Waals surface area contributed by atoms with Crippen LogP contribution in [0, 0.1) is 5.82 Å². The maximum Gasteiger partial charge on any atom is 0.167 e. The zero-order valence-electron chi connectivity index (χ0n) is 9.21. The summed E-state index contributed by atoms with van der Waals surface area (Å²) in [5.41, 5.74) is 0.505. The van der Waals surface area contributed by atoms with Crippen molar-refractivity contribution in [2.75, 3.05) is 19.7 Å². The molecule has 0 amide bonds. The highest BCUT2D eigenvalue weighted by Crippen LogP contribution is 2.20. The quantitative estimate of drug-likeness (QED) is 0.894. The number of hydrogen-bond acceptors (Lipinski definition) is 3. The summed E-state index contributed by atoms with van der Waals surface area (Å²) in [6.45, 7) is 1.78. The first-order valence-electron chi connectivity index (χ1n) is 5.46. The Hall–Kier alpha value is -0.970. The Morgan fingerprint density at radius 3 is 3.12 bits per heavy atom. The molecular formula is C12H13ClFNO2. The van der Waals surface area contributed by atoms with Crippen LogP contribution >= 0.6 is 11.6 Å². The lowest BCUT2D eigenvalue weighted by molar-refractivity contribution is -0.131. The molecule has 1 aliphatic rings. The molecule has 1 unspecified atom stereocenters. The van der Waals surface area contributed by atoms with E-state index in [0.717, 1.165) is 6.54 Å². The second kappa shape index (κ2) is 5.58. The zero-order valence-corrected chi connectivity index (χ0v) is 9.97. The SMILES string of the molecule is O=C(Cc1cccc(F)c1Cl)C1CNCCO1. The maximum absolute atomic E-state index is 13.2. The van der Waals surface area contributed by atoms with E-state index in [2.05, 4.69) is 5.32 Å². The van der Waals surface area contributed by atoms with Crippen molar-refractivity contribution in [3.8, 4) is 0 Å². The third-order valence-electron chi connectivity index (χ3n) is 2.68. The Labute approximate surface area is 104 Å². The standard InChI is InChI=1S/C12H13ClFNO2/c13-12-8(2-1-3-9(12)14)6-10(16)11-7-15-4-5-17-11/h1-3,11,15H,4-7H2. The van der Waals surface area contributed by atoms with Gasteiger partial charge in [0, 0.05) is 19.5 Å². The molecule has 0 aliphatic carbocycles. The van der Waals surface area contributed by atoms with Crippen LogP contribution in [0.25, 0.3) is 0 Å². The first-order valence-corrected chi connectivity index (χ1v) is 5.84. The average Bonchev–Trinajstić information content (AvgIpc) is 2.36. The molecule has 1 aliphatic heterocycles. The summed E-state index contributed by atoms with van der Waals surface area (Å²) < 4.78 is 18.5. The van der Waals surface area contributed by atoms with Gasteiger partial charge in [0.15, 0.2) is 5.78 Å². The van der Waals surface area contributed by atoms with E-state index < -0.39 is 11.9 Å². The van der Waals surface area contributed by atoms with Crippen molar-refractivity contribution in [2.24, 2.45) is 0 Å². The Kier molecular flexibility index (Phi) is 4.10. The van der Waals surface area contributed by atoms with Crippen LogP contribution in [0.3, 0.4) is 0 Å². The summed E-state index contributed by atoms with van der Waals surface area (Å²) in [5.74, 6) is -0.579. The number of ether oxygens (including phenoxy) is 1. The number of Topliss-reactive ketones (excluding diaryl/α,β-unsaturated/α-hetero) is 1. The number of halogens is 2. The van der Waals surface area contributed by atoms with E-state index in [1.54, 1.807) is 12.1 Å². The first kappa shape index (κ1) is 12.5. The number of rotatable bonds is 3. The van der Waals surface area contributed by atoms with Gasteiger partial charge in [0.2, 0.25) is 0 Å². The molecule has 17 heavy (non-hydrogen) atoms. The number of hydrogen-bond donors (Lipinski definition) is 1. The third kappa shape index (κ3) is 3.03. The lowest BCUT2D eigenvalue weighted by atomic mass is 10.0. The molecule has 1 aromatic rings. The summed E-state index contributed by atoms with van der Waals surface area (Å²) in [7, 11) is 0. The second-order valence-corrected chi connectivity index (χ2v) is 4.30. The summed E-state index contributed by atoms with van der Waals surface area (Å²) in [6.07, 6.45) is -0.355. The highest BCUT2D eigenvalue weighted by atomic mass is 35.5. The first-order chi connectivity index (χ1) is 8.18. The van der Waals surface area contributed by atoms with Crippen molar-refractivity contribution in [1.82, 2.24) is 5.32 Å². The third-order valence-corrected chi connectivity index (χ3v) is 3.11. The summed E-state index contributed by atoms with van der Waals surface area (Å²) in [6, 6.07) is 4.47. The monoisotopic (exact) mass is 257 g/mol. The number of morpholine rings is 1. The molecular weight excluding hydrogens is 245 g/mol. The second-order valence-electron chi connectivity index (χ2n) is 3.92. The molecule has 1 saturated heterocycles. The summed E-state index contributed by atoms with van der Waals surface area (Å²) in [4.78, 5) is 11.9. The molecule has 1 fully saturated rings. The highest BCUT2D eigenvalue weighted by Gasteiger charge is 2.22. The van der Waals surface area contributed by atoms with Gasteiger partial charge in [-0.3, -0.25) is 4.79 Å². The zero-order chi connectivity index (χ0) is 12.3. The van der Waals surface area contributed by atoms with E-state index in [0.29, 0.717) is 18.7 Å². The molecule has 2 rings (SSSR count). The van der Waals surface area contributed by atoms with Gasteiger partial charge in [-0.25, -0.2) is 4.39 Å². The fourth-order valence-electron chi connectivity index (χ4n) is 1.76. The number of ketones is 1. The normalized spacial score (nSPS) is 20.2. The largest absolute Gasteiger partial charge is 0.368 e. The Morgan fingerprint density at radius 2 is 2.41 bits per heavy atom. The minimum Gasteiger partial charge on any atom is -0.368 e. The van der Waals surface area contributed by atoms with E-state index in [1.807, 2.05) is 0 Å². The molecule has 0 bridgehead atoms. The van der Waals surface area contributed by atoms with Crippen LogP contribution in [0.5, 0.6) is 0 Å². The van der Waals surface area contributed by atoms with Gasteiger partial charge >= 0.3 is 0 Å². The molecule has 0 radical (unpaired) electrons. The van der Waals surface area contributed by atoms with E-state index in [-0.39, 0.29) is 17.2 Å². The van der Waals surface area contributed by atoms with Crippen LogP contribution in [0.15, 0.2) is 18.2 Å². The molecule has 92 valence electrons. The predicted molar refractivity (Wildman–Crippen MR) is 62.7 cm³/mol. The van der Waals surface area contributed by atoms with Crippen LogP contribution in [0.2, 0.25) is 5.02 Å². The van der Waals surface area contributed by atoms with Crippen molar-refractivity contribution < 1.29 is 13.9 Å². The highest BCUT2D eigenvalue weighted by molar-refractivity contribution is 6.31. The molecule has 1 N–H and O–H groups in total. The average molecular weight is 258 g/mol. The molecule has 5 heteroatoms. The molecule has 0 aromatic heterocycles. The van der Waals surface area contributed by atoms with Crippen LogP contribution in [0.4, 0.5) is 4.39 Å². The summed E-state index contributed by atoms with van der Waals surface area (Å²) >= 11 is 5.79. The topological polar surface area (TPSA) is 38.3 Å². The number of benzene rings is 1. The van der Waals surface area contributed by atoms with E-state index in [4.69, 9.17) is 16.3 Å². The van der Waals surface area contributed by atoms with Gasteiger partial charge in [-0.15, -0.1) is 0 Å². The van der Waals surface area contributed by atoms with E-state index >= 15 is 0 Å². The van der Waals surface area contributed by atoms with Gasteiger partial charge in [-0.2, -0.15) is 0 Å². The molecule has 3 nitrogen and oxygen atoms in total. The Morgan fingerprint density at radius 1 is 1.59 bits per heavy atom. The van der Waals surface area contributed by atoms with Crippen LogP contribution in [0.1, 0.15) is 5.56 Å². The van der Waals surface area contributed by atoms with Crippen LogP contribution < -0.4 is 5.32 Å². The van der Waals surface area contributed by atoms with Gasteiger partial charge in [0.1, 0.15) is 11.9 Å². The fourth-order valence-corrected chi connectivity index (χ4v) is 1.95. The number of nitrogens with one attached hydrogen (secondary N) is 1. The van der Waals surface area contributed by atoms with Crippen LogP contribution in [-0.2, 0) is 16.0 Å². The van der Waals surface area contributed by atoms with Crippen molar-refractivity contribution in [3.05, 3.63) is 34.6 Å². The summed E-state index contributed by atoms with van der Waals surface area (Å²) in [5, 5.41) is 3.09. The Balaban J connectivity index is 2.04.